The minimum absolute atomic E-state index is 0.134. The number of benzene rings is 2. The van der Waals surface area contributed by atoms with Gasteiger partial charge in [-0.3, -0.25) is 0 Å². The second-order valence-corrected chi connectivity index (χ2v) is 5.34. The summed E-state index contributed by atoms with van der Waals surface area (Å²) >= 11 is 0. The average Bonchev–Trinajstić information content (AvgIpc) is 2.44. The van der Waals surface area contributed by atoms with Crippen LogP contribution in [0, 0.1) is 6.92 Å². The fourth-order valence-electron chi connectivity index (χ4n) is 2.25. The Morgan fingerprint density at radius 2 is 1.08 bits per heavy atom. The second-order valence-electron chi connectivity index (χ2n) is 5.34. The highest BCUT2D eigenvalue weighted by Gasteiger charge is 2.38. The summed E-state index contributed by atoms with van der Waals surface area (Å²) in [5.41, 5.74) is -6.06. The number of hydrogen-bond acceptors (Lipinski definition) is 0. The van der Waals surface area contributed by atoms with Gasteiger partial charge in [0.05, 0.1) is 16.7 Å². The molecule has 0 atom stereocenters. The van der Waals surface area contributed by atoms with Gasteiger partial charge in [-0.1, -0.05) is 17.7 Å². The molecule has 0 nitrogen and oxygen atoms in total. The van der Waals surface area contributed by atoms with E-state index in [2.05, 4.69) is 0 Å². The van der Waals surface area contributed by atoms with Crippen LogP contribution in [0.4, 0.5) is 39.5 Å². The monoisotopic (exact) mass is 372 g/mol. The number of alkyl halides is 9. The molecule has 0 saturated carbocycles. The third-order valence-electron chi connectivity index (χ3n) is 3.38. The summed E-state index contributed by atoms with van der Waals surface area (Å²) in [5, 5.41) is 0. The summed E-state index contributed by atoms with van der Waals surface area (Å²) in [6.07, 6.45) is -15.2. The molecule has 0 saturated heterocycles. The van der Waals surface area contributed by atoms with E-state index in [9.17, 15) is 39.5 Å². The predicted octanol–water partition coefficient (Wildman–Crippen LogP) is 6.72. The summed E-state index contributed by atoms with van der Waals surface area (Å²) in [5.74, 6) is 0. The maximum atomic E-state index is 13.1. The lowest BCUT2D eigenvalue weighted by Crippen LogP contribution is -2.12. The molecule has 2 aromatic carbocycles. The molecule has 0 heterocycles. The quantitative estimate of drug-likeness (QED) is 0.488. The highest BCUT2D eigenvalue weighted by Crippen LogP contribution is 2.42. The lowest BCUT2D eigenvalue weighted by atomic mass is 9.94. The van der Waals surface area contributed by atoms with Gasteiger partial charge in [-0.05, 0) is 42.3 Å². The molecule has 2 rings (SSSR count). The van der Waals surface area contributed by atoms with Gasteiger partial charge in [0.2, 0.25) is 0 Å². The SMILES string of the molecule is Cc1ccc(-c2cc(C(F)(F)F)cc(C(F)(F)F)c2)c(C(F)(F)F)c1. The van der Waals surface area contributed by atoms with Crippen LogP contribution in [0.15, 0.2) is 36.4 Å². The van der Waals surface area contributed by atoms with Crippen LogP contribution in [0.25, 0.3) is 11.1 Å². The van der Waals surface area contributed by atoms with Crippen molar-refractivity contribution in [3.63, 3.8) is 0 Å². The first kappa shape index (κ1) is 19.1. The largest absolute Gasteiger partial charge is 0.417 e. The van der Waals surface area contributed by atoms with Gasteiger partial charge in [-0.25, -0.2) is 0 Å². The number of halogens is 9. The molecule has 0 aliphatic heterocycles. The van der Waals surface area contributed by atoms with E-state index in [1.54, 1.807) is 0 Å². The van der Waals surface area contributed by atoms with E-state index < -0.39 is 46.3 Å². The smallest absolute Gasteiger partial charge is 0.166 e. The first-order chi connectivity index (χ1) is 11.2. The van der Waals surface area contributed by atoms with Crippen molar-refractivity contribution in [1.29, 1.82) is 0 Å². The van der Waals surface area contributed by atoms with Crippen molar-refractivity contribution in [3.8, 4) is 11.1 Å². The number of aryl methyl sites for hydroxylation is 1. The van der Waals surface area contributed by atoms with Crippen LogP contribution >= 0.6 is 0 Å². The summed E-state index contributed by atoms with van der Waals surface area (Å²) in [4.78, 5) is 0. The Morgan fingerprint density at radius 1 is 0.600 bits per heavy atom. The molecular weight excluding hydrogens is 363 g/mol. The first-order valence-corrected chi connectivity index (χ1v) is 6.67. The summed E-state index contributed by atoms with van der Waals surface area (Å²) in [7, 11) is 0. The van der Waals surface area contributed by atoms with Crippen LogP contribution in [0.1, 0.15) is 22.3 Å². The van der Waals surface area contributed by atoms with Gasteiger partial charge in [0.1, 0.15) is 0 Å². The standard InChI is InChI=1S/C16H9F9/c1-8-2-3-12(13(4-8)16(23,24)25)9-5-10(14(17,18)19)7-11(6-9)15(20,21)22/h2-7H,1H3. The summed E-state index contributed by atoms with van der Waals surface area (Å²) < 4.78 is 117. The molecule has 2 aromatic rings. The van der Waals surface area contributed by atoms with E-state index in [-0.39, 0.29) is 23.8 Å². The van der Waals surface area contributed by atoms with Gasteiger partial charge >= 0.3 is 18.5 Å². The van der Waals surface area contributed by atoms with Crippen LogP contribution in [0.2, 0.25) is 0 Å². The van der Waals surface area contributed by atoms with Gasteiger partial charge in [-0.15, -0.1) is 0 Å². The molecule has 0 aliphatic rings. The molecular formula is C16H9F9. The van der Waals surface area contributed by atoms with E-state index >= 15 is 0 Å². The van der Waals surface area contributed by atoms with Gasteiger partial charge in [0.15, 0.2) is 0 Å². The molecule has 136 valence electrons. The van der Waals surface area contributed by atoms with Crippen molar-refractivity contribution < 1.29 is 39.5 Å². The van der Waals surface area contributed by atoms with Gasteiger partial charge in [-0.2, -0.15) is 39.5 Å². The molecule has 25 heavy (non-hydrogen) atoms. The highest BCUT2D eigenvalue weighted by molar-refractivity contribution is 5.70. The van der Waals surface area contributed by atoms with E-state index in [0.29, 0.717) is 6.07 Å². The Morgan fingerprint density at radius 3 is 1.48 bits per heavy atom. The van der Waals surface area contributed by atoms with Crippen molar-refractivity contribution in [3.05, 3.63) is 58.7 Å². The zero-order chi connectivity index (χ0) is 19.2. The van der Waals surface area contributed by atoms with E-state index in [4.69, 9.17) is 0 Å². The van der Waals surface area contributed by atoms with Crippen molar-refractivity contribution in [2.45, 2.75) is 25.5 Å². The fourth-order valence-corrected chi connectivity index (χ4v) is 2.25. The first-order valence-electron chi connectivity index (χ1n) is 6.67. The van der Waals surface area contributed by atoms with Crippen molar-refractivity contribution in [1.82, 2.24) is 0 Å². The van der Waals surface area contributed by atoms with Crippen LogP contribution < -0.4 is 0 Å². The van der Waals surface area contributed by atoms with Gasteiger partial charge < -0.3 is 0 Å². The lowest BCUT2D eigenvalue weighted by molar-refractivity contribution is -0.143. The Balaban J connectivity index is 2.80. The fraction of sp³-hybridized carbons (Fsp3) is 0.250. The molecule has 0 N–H and O–H groups in total. The summed E-state index contributed by atoms with van der Waals surface area (Å²) in [6.45, 7) is 1.33. The molecule has 0 fully saturated rings. The number of hydrogen-bond donors (Lipinski definition) is 0. The maximum absolute atomic E-state index is 13.1. The van der Waals surface area contributed by atoms with Crippen molar-refractivity contribution >= 4 is 0 Å². The predicted molar refractivity (Wildman–Crippen MR) is 71.6 cm³/mol. The van der Waals surface area contributed by atoms with Crippen LogP contribution in [0.5, 0.6) is 0 Å². The Hall–Kier alpha value is -2.19. The topological polar surface area (TPSA) is 0 Å². The molecule has 0 radical (unpaired) electrons. The van der Waals surface area contributed by atoms with E-state index in [1.165, 1.54) is 13.0 Å². The van der Waals surface area contributed by atoms with E-state index in [0.717, 1.165) is 6.07 Å². The highest BCUT2D eigenvalue weighted by atomic mass is 19.4. The van der Waals surface area contributed by atoms with Crippen LogP contribution in [0.3, 0.4) is 0 Å². The molecule has 0 bridgehead atoms. The second kappa shape index (κ2) is 5.96. The molecule has 0 aliphatic carbocycles. The number of rotatable bonds is 1. The molecule has 0 spiro atoms. The Kier molecular flexibility index (Phi) is 4.56. The summed E-state index contributed by atoms with van der Waals surface area (Å²) in [6, 6.07) is 3.12. The van der Waals surface area contributed by atoms with Crippen molar-refractivity contribution in [2.75, 3.05) is 0 Å². The average molecular weight is 372 g/mol. The zero-order valence-electron chi connectivity index (χ0n) is 12.4. The third kappa shape index (κ3) is 4.26. The van der Waals surface area contributed by atoms with E-state index in [1.807, 2.05) is 0 Å². The van der Waals surface area contributed by atoms with Gasteiger partial charge in [0.25, 0.3) is 0 Å². The molecule has 0 unspecified atom stereocenters. The lowest BCUT2D eigenvalue weighted by Gasteiger charge is -2.17. The van der Waals surface area contributed by atoms with Crippen molar-refractivity contribution in [2.24, 2.45) is 0 Å². The Labute approximate surface area is 135 Å². The Bertz CT molecular complexity index is 747. The normalized spacial score (nSPS) is 13.2. The van der Waals surface area contributed by atoms with Crippen LogP contribution in [-0.4, -0.2) is 0 Å². The van der Waals surface area contributed by atoms with Gasteiger partial charge in [0, 0.05) is 0 Å². The van der Waals surface area contributed by atoms with Crippen LogP contribution in [-0.2, 0) is 18.5 Å². The molecule has 0 amide bonds. The minimum Gasteiger partial charge on any atom is -0.166 e. The third-order valence-corrected chi connectivity index (χ3v) is 3.38. The zero-order valence-corrected chi connectivity index (χ0v) is 12.4. The maximum Gasteiger partial charge on any atom is 0.417 e. The minimum atomic E-state index is -5.14. The molecule has 9 heteroatoms. The molecule has 0 aromatic heterocycles.